The lowest BCUT2D eigenvalue weighted by molar-refractivity contribution is -0.132. The Morgan fingerprint density at radius 1 is 0.923 bits per heavy atom. The number of benzene rings is 2. The number of nitrogen functional groups attached to an aromatic ring is 1. The van der Waals surface area contributed by atoms with Crippen LogP contribution in [0.15, 0.2) is 48.5 Å². The number of hydrogen-bond donors (Lipinski definition) is 2. The fraction of sp³-hybridized carbons (Fsp3) is 0.300. The number of nitrogens with zero attached hydrogens (tertiary/aromatic N) is 2. The molecule has 3 N–H and O–H groups in total. The average molecular weight is 353 g/mol. The zero-order valence-corrected chi connectivity index (χ0v) is 14.6. The van der Waals surface area contributed by atoms with Crippen LogP contribution in [-0.2, 0) is 11.2 Å². The van der Waals surface area contributed by atoms with E-state index in [1.165, 1.54) is 6.07 Å². The number of phenolic OH excluding ortho intramolecular Hbond substituents is 1. The average Bonchev–Trinajstić information content (AvgIpc) is 2.67. The number of aryl methyl sites for hydroxylation is 1. The number of piperazine rings is 1. The van der Waals surface area contributed by atoms with Gasteiger partial charge in [-0.05, 0) is 30.2 Å². The molecule has 1 saturated heterocycles. The Labute approximate surface area is 152 Å². The van der Waals surface area contributed by atoms with Gasteiger partial charge in [0.2, 0.25) is 5.91 Å². The Hall–Kier alpha value is -3.02. The minimum absolute atomic E-state index is 0.0172. The first-order valence-electron chi connectivity index (χ1n) is 8.74. The number of nitrogens with two attached hydrogens (primary N) is 1. The van der Waals surface area contributed by atoms with Crippen LogP contribution in [0, 0.1) is 0 Å². The molecule has 0 radical (unpaired) electrons. The first kappa shape index (κ1) is 17.8. The lowest BCUT2D eigenvalue weighted by Crippen LogP contribution is -2.50. The maximum absolute atomic E-state index is 12.5. The maximum atomic E-state index is 12.5. The molecular formula is C20H23N3O3. The lowest BCUT2D eigenvalue weighted by Gasteiger charge is -2.35. The van der Waals surface area contributed by atoms with Crippen molar-refractivity contribution in [1.82, 2.24) is 9.80 Å². The zero-order valence-electron chi connectivity index (χ0n) is 14.6. The standard InChI is InChI=1S/C20H23N3O3/c21-17-7-3-1-5-15(17)9-10-19(25)22-11-13-23(14-12-22)20(26)16-6-2-4-8-18(16)24/h1-8,24H,9-14,21H2. The quantitative estimate of drug-likeness (QED) is 0.822. The van der Waals surface area contributed by atoms with E-state index >= 15 is 0 Å². The van der Waals surface area contributed by atoms with Gasteiger partial charge in [-0.1, -0.05) is 30.3 Å². The van der Waals surface area contributed by atoms with Crippen LogP contribution < -0.4 is 5.73 Å². The van der Waals surface area contributed by atoms with Gasteiger partial charge < -0.3 is 20.6 Å². The molecule has 6 heteroatoms. The van der Waals surface area contributed by atoms with Crippen molar-refractivity contribution in [2.24, 2.45) is 0 Å². The van der Waals surface area contributed by atoms with E-state index in [4.69, 9.17) is 5.73 Å². The molecule has 26 heavy (non-hydrogen) atoms. The second-order valence-electron chi connectivity index (χ2n) is 6.39. The second kappa shape index (κ2) is 7.91. The minimum atomic E-state index is -0.202. The SMILES string of the molecule is Nc1ccccc1CCC(=O)N1CCN(C(=O)c2ccccc2O)CC1. The van der Waals surface area contributed by atoms with Gasteiger partial charge in [-0.15, -0.1) is 0 Å². The van der Waals surface area contributed by atoms with Crippen molar-refractivity contribution in [3.8, 4) is 5.75 Å². The van der Waals surface area contributed by atoms with E-state index in [2.05, 4.69) is 0 Å². The fourth-order valence-corrected chi connectivity index (χ4v) is 3.15. The summed E-state index contributed by atoms with van der Waals surface area (Å²) in [6, 6.07) is 14.1. The molecule has 0 aromatic heterocycles. The summed E-state index contributed by atoms with van der Waals surface area (Å²) >= 11 is 0. The predicted molar refractivity (Wildman–Crippen MR) is 99.8 cm³/mol. The van der Waals surface area contributed by atoms with E-state index < -0.39 is 0 Å². The smallest absolute Gasteiger partial charge is 0.257 e. The zero-order chi connectivity index (χ0) is 18.5. The van der Waals surface area contributed by atoms with Gasteiger partial charge in [-0.3, -0.25) is 9.59 Å². The van der Waals surface area contributed by atoms with Crippen molar-refractivity contribution < 1.29 is 14.7 Å². The van der Waals surface area contributed by atoms with Crippen LogP contribution in [-0.4, -0.2) is 52.9 Å². The number of amides is 2. The number of rotatable bonds is 4. The van der Waals surface area contributed by atoms with E-state index in [-0.39, 0.29) is 17.6 Å². The molecule has 1 aliphatic heterocycles. The molecule has 3 rings (SSSR count). The Kier molecular flexibility index (Phi) is 5.41. The highest BCUT2D eigenvalue weighted by atomic mass is 16.3. The number of para-hydroxylation sites is 2. The molecule has 1 heterocycles. The van der Waals surface area contributed by atoms with Gasteiger partial charge in [0.15, 0.2) is 0 Å². The molecule has 1 fully saturated rings. The summed E-state index contributed by atoms with van der Waals surface area (Å²) in [6.07, 6.45) is 1.02. The highest BCUT2D eigenvalue weighted by Crippen LogP contribution is 2.19. The van der Waals surface area contributed by atoms with Crippen molar-refractivity contribution in [3.05, 3.63) is 59.7 Å². The van der Waals surface area contributed by atoms with Crippen molar-refractivity contribution >= 4 is 17.5 Å². The van der Waals surface area contributed by atoms with Gasteiger partial charge in [0, 0.05) is 38.3 Å². The predicted octanol–water partition coefficient (Wildman–Crippen LogP) is 1.89. The Balaban J connectivity index is 1.52. The molecule has 2 aromatic rings. The Bertz CT molecular complexity index is 798. The fourth-order valence-electron chi connectivity index (χ4n) is 3.15. The largest absolute Gasteiger partial charge is 0.507 e. The third-order valence-electron chi connectivity index (χ3n) is 4.72. The number of hydrogen-bond acceptors (Lipinski definition) is 4. The molecular weight excluding hydrogens is 330 g/mol. The topological polar surface area (TPSA) is 86.9 Å². The summed E-state index contributed by atoms with van der Waals surface area (Å²) in [5.74, 6) is -0.147. The first-order chi connectivity index (χ1) is 12.6. The molecule has 0 atom stereocenters. The third-order valence-corrected chi connectivity index (χ3v) is 4.72. The summed E-state index contributed by atoms with van der Waals surface area (Å²) in [7, 11) is 0. The van der Waals surface area contributed by atoms with E-state index in [0.717, 1.165) is 5.56 Å². The number of anilines is 1. The summed E-state index contributed by atoms with van der Waals surface area (Å²) in [5, 5.41) is 9.83. The third kappa shape index (κ3) is 3.96. The maximum Gasteiger partial charge on any atom is 0.257 e. The van der Waals surface area contributed by atoms with E-state index in [9.17, 15) is 14.7 Å². The highest BCUT2D eigenvalue weighted by Gasteiger charge is 2.25. The first-order valence-corrected chi connectivity index (χ1v) is 8.74. The van der Waals surface area contributed by atoms with E-state index in [0.29, 0.717) is 50.3 Å². The molecule has 0 unspecified atom stereocenters. The molecule has 1 aliphatic rings. The van der Waals surface area contributed by atoms with Gasteiger partial charge in [0.05, 0.1) is 5.56 Å². The lowest BCUT2D eigenvalue weighted by atomic mass is 10.1. The summed E-state index contributed by atoms with van der Waals surface area (Å²) in [5.41, 5.74) is 7.90. The van der Waals surface area contributed by atoms with Gasteiger partial charge in [0.1, 0.15) is 5.75 Å². The van der Waals surface area contributed by atoms with Crippen LogP contribution in [0.4, 0.5) is 5.69 Å². The van der Waals surface area contributed by atoms with Crippen molar-refractivity contribution in [2.75, 3.05) is 31.9 Å². The van der Waals surface area contributed by atoms with Gasteiger partial charge in [-0.2, -0.15) is 0 Å². The second-order valence-corrected chi connectivity index (χ2v) is 6.39. The van der Waals surface area contributed by atoms with Gasteiger partial charge >= 0.3 is 0 Å². The molecule has 0 aliphatic carbocycles. The van der Waals surface area contributed by atoms with Crippen LogP contribution in [0.5, 0.6) is 5.75 Å². The van der Waals surface area contributed by atoms with Gasteiger partial charge in [0.25, 0.3) is 5.91 Å². The minimum Gasteiger partial charge on any atom is -0.507 e. The number of carbonyl (C=O) groups excluding carboxylic acids is 2. The number of carbonyl (C=O) groups is 2. The van der Waals surface area contributed by atoms with Crippen molar-refractivity contribution in [2.45, 2.75) is 12.8 Å². The van der Waals surface area contributed by atoms with Crippen LogP contribution >= 0.6 is 0 Å². The summed E-state index contributed by atoms with van der Waals surface area (Å²) in [4.78, 5) is 28.4. The summed E-state index contributed by atoms with van der Waals surface area (Å²) in [6.45, 7) is 1.93. The van der Waals surface area contributed by atoms with Gasteiger partial charge in [-0.25, -0.2) is 0 Å². The van der Waals surface area contributed by atoms with E-state index in [1.807, 2.05) is 24.3 Å². The van der Waals surface area contributed by atoms with E-state index in [1.54, 1.807) is 28.0 Å². The molecule has 2 aromatic carbocycles. The monoisotopic (exact) mass is 353 g/mol. The molecule has 2 amide bonds. The molecule has 0 spiro atoms. The highest BCUT2D eigenvalue weighted by molar-refractivity contribution is 5.97. The van der Waals surface area contributed by atoms with Crippen LogP contribution in [0.25, 0.3) is 0 Å². The summed E-state index contributed by atoms with van der Waals surface area (Å²) < 4.78 is 0. The van der Waals surface area contributed by atoms with Crippen molar-refractivity contribution in [3.63, 3.8) is 0 Å². The Morgan fingerprint density at radius 3 is 2.23 bits per heavy atom. The molecule has 6 nitrogen and oxygen atoms in total. The van der Waals surface area contributed by atoms with Crippen molar-refractivity contribution in [1.29, 1.82) is 0 Å². The number of phenols is 1. The molecule has 0 saturated carbocycles. The normalized spacial score (nSPS) is 14.3. The Morgan fingerprint density at radius 2 is 1.54 bits per heavy atom. The number of aromatic hydroxyl groups is 1. The molecule has 136 valence electrons. The van der Waals surface area contributed by atoms with Crippen LogP contribution in [0.1, 0.15) is 22.3 Å². The molecule has 0 bridgehead atoms. The van der Waals surface area contributed by atoms with Crippen LogP contribution in [0.2, 0.25) is 0 Å². The van der Waals surface area contributed by atoms with Crippen LogP contribution in [0.3, 0.4) is 0 Å².